The minimum Gasteiger partial charge on any atom is -1.00 e. The summed E-state index contributed by atoms with van der Waals surface area (Å²) in [5.74, 6) is 0. The molecule has 0 aromatic carbocycles. The molecule has 0 N–H and O–H groups in total. The summed E-state index contributed by atoms with van der Waals surface area (Å²) in [7, 11) is -3.69. The Labute approximate surface area is 222 Å². The van der Waals surface area contributed by atoms with Crippen LogP contribution in [0.2, 0.25) is 29.7 Å². The Morgan fingerprint density at radius 1 is 0.688 bits per heavy atom. The zero-order valence-corrected chi connectivity index (χ0v) is 26.4. The molecule has 0 aromatic rings. The van der Waals surface area contributed by atoms with E-state index in [4.69, 9.17) is 4.12 Å². The summed E-state index contributed by atoms with van der Waals surface area (Å²) in [6.45, 7) is 10.0. The Balaban J connectivity index is 0.00000144. The van der Waals surface area contributed by atoms with Crippen molar-refractivity contribution in [2.24, 2.45) is 0 Å². The minimum atomic E-state index is -1.85. The largest absolute Gasteiger partial charge is 1.00 e. The van der Waals surface area contributed by atoms with Crippen LogP contribution in [-0.4, -0.2) is 16.6 Å². The SMILES string of the molecule is CC[Si]1(CC)O[Si](CC)(CC)[C]2(C=CC3=C2CCCC3)[Zr+2][C]12C=CC1=C2CCCC1.[Cl-].[Cl-]. The summed E-state index contributed by atoms with van der Waals surface area (Å²) in [6, 6.07) is 5.30. The molecule has 2 atom stereocenters. The van der Waals surface area contributed by atoms with Gasteiger partial charge in [-0.2, -0.15) is 0 Å². The maximum atomic E-state index is 7.98. The number of hydrogen-bond donors (Lipinski definition) is 0. The van der Waals surface area contributed by atoms with Gasteiger partial charge in [0.1, 0.15) is 0 Å². The molecule has 5 aliphatic rings. The summed E-state index contributed by atoms with van der Waals surface area (Å²) < 4.78 is 8.84. The molecule has 1 saturated heterocycles. The fourth-order valence-electron chi connectivity index (χ4n) is 7.84. The molecule has 0 saturated carbocycles. The van der Waals surface area contributed by atoms with Crippen LogP contribution in [0.15, 0.2) is 46.6 Å². The van der Waals surface area contributed by atoms with Gasteiger partial charge in [0.05, 0.1) is 0 Å². The Kier molecular flexibility index (Phi) is 8.61. The zero-order chi connectivity index (χ0) is 21.0. The fourth-order valence-corrected chi connectivity index (χ4v) is 39.0. The molecule has 1 aliphatic heterocycles. The molecule has 32 heavy (non-hydrogen) atoms. The average molecular weight is 587 g/mol. The number of rotatable bonds is 4. The van der Waals surface area contributed by atoms with Crippen LogP contribution in [0.3, 0.4) is 0 Å². The fraction of sp³-hybridized carbons (Fsp3) is 0.692. The predicted molar refractivity (Wildman–Crippen MR) is 129 cm³/mol. The van der Waals surface area contributed by atoms with E-state index >= 15 is 0 Å². The number of halogens is 2. The van der Waals surface area contributed by atoms with E-state index in [0.717, 1.165) is 0 Å². The van der Waals surface area contributed by atoms with Gasteiger partial charge in [0.15, 0.2) is 0 Å². The van der Waals surface area contributed by atoms with Crippen LogP contribution in [0, 0.1) is 0 Å². The first kappa shape index (κ1) is 27.4. The van der Waals surface area contributed by atoms with Gasteiger partial charge in [-0.25, -0.2) is 0 Å². The molecular formula is C26H40Cl2OSi2Zr. The van der Waals surface area contributed by atoms with Crippen molar-refractivity contribution < 1.29 is 52.2 Å². The van der Waals surface area contributed by atoms with Crippen LogP contribution in [-0.2, 0) is 27.4 Å². The quantitative estimate of drug-likeness (QED) is 0.460. The summed E-state index contributed by atoms with van der Waals surface area (Å²) in [4.78, 5) is 0. The van der Waals surface area contributed by atoms with Gasteiger partial charge < -0.3 is 24.8 Å². The van der Waals surface area contributed by atoms with Gasteiger partial charge in [0.2, 0.25) is 0 Å². The van der Waals surface area contributed by atoms with E-state index < -0.39 is 39.9 Å². The van der Waals surface area contributed by atoms with Gasteiger partial charge in [-0.1, -0.05) is 0 Å². The van der Waals surface area contributed by atoms with Crippen LogP contribution >= 0.6 is 0 Å². The van der Waals surface area contributed by atoms with Gasteiger partial charge in [0, 0.05) is 0 Å². The number of allylic oxidation sites excluding steroid dienone is 8. The molecule has 176 valence electrons. The second kappa shape index (κ2) is 10.1. The molecule has 0 radical (unpaired) electrons. The summed E-state index contributed by atoms with van der Waals surface area (Å²) >= 11 is -0.829. The van der Waals surface area contributed by atoms with Gasteiger partial charge in [0.25, 0.3) is 0 Å². The third-order valence-corrected chi connectivity index (χ3v) is 33.5. The first-order valence-electron chi connectivity index (χ1n) is 12.9. The predicted octanol–water partition coefficient (Wildman–Crippen LogP) is 2.35. The first-order chi connectivity index (χ1) is 14.6. The van der Waals surface area contributed by atoms with Crippen molar-refractivity contribution in [2.75, 3.05) is 0 Å². The summed E-state index contributed by atoms with van der Waals surface area (Å²) in [5, 5.41) is 0. The van der Waals surface area contributed by atoms with Crippen molar-refractivity contribution in [1.29, 1.82) is 0 Å². The van der Waals surface area contributed by atoms with E-state index in [1.54, 1.807) is 11.1 Å². The molecule has 2 spiro atoms. The van der Waals surface area contributed by atoms with Crippen molar-refractivity contribution in [3.05, 3.63) is 46.6 Å². The molecule has 4 aliphatic carbocycles. The van der Waals surface area contributed by atoms with E-state index in [1.807, 2.05) is 11.1 Å². The summed E-state index contributed by atoms with van der Waals surface area (Å²) in [6.07, 6.45) is 21.9. The maximum Gasteiger partial charge on any atom is -1.00 e. The third kappa shape index (κ3) is 3.47. The normalized spacial score (nSPS) is 33.4. The molecule has 0 aromatic heterocycles. The van der Waals surface area contributed by atoms with E-state index in [1.165, 1.54) is 75.5 Å². The molecule has 1 heterocycles. The second-order valence-electron chi connectivity index (χ2n) is 10.3. The van der Waals surface area contributed by atoms with E-state index in [2.05, 4.69) is 52.0 Å². The Morgan fingerprint density at radius 2 is 1.06 bits per heavy atom. The standard InChI is InChI=1S/C26H40OSi2.2ClH.Zr/c1-5-28(6-2,25-19-17-21-13-9-11-15-23(21)25)27-29(7-3,8-4)26-20-18-22-14-10-12-16-24(22)26;;;/h17-20H,5-16H2,1-4H3;2*1H;/q;;;+2/p-2. The minimum absolute atomic E-state index is 0. The van der Waals surface area contributed by atoms with Gasteiger partial charge >= 0.3 is 199 Å². The van der Waals surface area contributed by atoms with Crippen LogP contribution < -0.4 is 24.8 Å². The van der Waals surface area contributed by atoms with Crippen LogP contribution in [0.25, 0.3) is 0 Å². The number of fused-ring (bicyclic) bond motifs is 2. The average Bonchev–Trinajstić information content (AvgIpc) is 3.36. The smallest absolute Gasteiger partial charge is 1.00 e. The van der Waals surface area contributed by atoms with Crippen molar-refractivity contribution in [3.63, 3.8) is 0 Å². The van der Waals surface area contributed by atoms with E-state index in [9.17, 15) is 0 Å². The Morgan fingerprint density at radius 3 is 1.44 bits per heavy atom. The molecule has 0 bridgehead atoms. The monoisotopic (exact) mass is 584 g/mol. The van der Waals surface area contributed by atoms with Crippen molar-refractivity contribution in [1.82, 2.24) is 0 Å². The van der Waals surface area contributed by atoms with Gasteiger partial charge in [-0.3, -0.25) is 0 Å². The van der Waals surface area contributed by atoms with Crippen LogP contribution in [0.1, 0.15) is 79.1 Å². The van der Waals surface area contributed by atoms with Crippen molar-refractivity contribution >= 4 is 16.6 Å². The zero-order valence-electron chi connectivity index (χ0n) is 20.5. The molecular weight excluding hydrogens is 547 g/mol. The van der Waals surface area contributed by atoms with Crippen LogP contribution in [0.4, 0.5) is 0 Å². The van der Waals surface area contributed by atoms with Crippen LogP contribution in [0.5, 0.6) is 0 Å². The molecule has 0 amide bonds. The molecule has 2 unspecified atom stereocenters. The molecule has 6 heteroatoms. The summed E-state index contributed by atoms with van der Waals surface area (Å²) in [5.41, 5.74) is 7.34. The maximum absolute atomic E-state index is 7.98. The van der Waals surface area contributed by atoms with E-state index in [0.29, 0.717) is 5.49 Å². The van der Waals surface area contributed by atoms with Crippen molar-refractivity contribution in [3.8, 4) is 0 Å². The Bertz CT molecular complexity index is 788. The number of hydrogen-bond acceptors (Lipinski definition) is 1. The third-order valence-electron chi connectivity index (χ3n) is 9.55. The second-order valence-corrected chi connectivity index (χ2v) is 26.5. The molecule has 5 rings (SSSR count). The molecule has 1 nitrogen and oxygen atoms in total. The Hall–Kier alpha value is 0.817. The topological polar surface area (TPSA) is 9.23 Å². The van der Waals surface area contributed by atoms with Crippen molar-refractivity contribution in [2.45, 2.75) is 109 Å². The first-order valence-corrected chi connectivity index (χ1v) is 20.0. The molecule has 1 fully saturated rings. The van der Waals surface area contributed by atoms with Gasteiger partial charge in [-0.15, -0.1) is 0 Å². The van der Waals surface area contributed by atoms with E-state index in [-0.39, 0.29) is 24.8 Å². The van der Waals surface area contributed by atoms with Gasteiger partial charge in [-0.05, 0) is 0 Å².